The van der Waals surface area contributed by atoms with E-state index in [1.54, 1.807) is 24.3 Å². The molecular formula is C21H26N4O3. The summed E-state index contributed by atoms with van der Waals surface area (Å²) in [7, 11) is 0. The van der Waals surface area contributed by atoms with Gasteiger partial charge in [0, 0.05) is 18.4 Å². The minimum Gasteiger partial charge on any atom is -0.273 e. The SMILES string of the molecule is CCCCCn1nc(C(=O)NNC(=O)CC2C=CCC2)c2ccccc2c1=O. The molecule has 1 aromatic carbocycles. The van der Waals surface area contributed by atoms with E-state index in [2.05, 4.69) is 29.0 Å². The van der Waals surface area contributed by atoms with Gasteiger partial charge in [0.25, 0.3) is 11.5 Å². The topological polar surface area (TPSA) is 93.1 Å². The van der Waals surface area contributed by atoms with Crippen LogP contribution >= 0.6 is 0 Å². The smallest absolute Gasteiger partial charge is 0.273 e. The van der Waals surface area contributed by atoms with Crippen molar-refractivity contribution < 1.29 is 9.59 Å². The van der Waals surface area contributed by atoms with Crippen LogP contribution in [0.3, 0.4) is 0 Å². The lowest BCUT2D eigenvalue weighted by atomic mass is 10.1. The number of nitrogens with one attached hydrogen (secondary N) is 2. The number of nitrogens with zero attached hydrogens (tertiary/aromatic N) is 2. The second kappa shape index (κ2) is 9.30. The molecule has 1 atom stereocenters. The predicted octanol–water partition coefficient (Wildman–Crippen LogP) is 2.70. The highest BCUT2D eigenvalue weighted by Crippen LogP contribution is 2.20. The Balaban J connectivity index is 1.77. The summed E-state index contributed by atoms with van der Waals surface area (Å²) in [5, 5.41) is 5.21. The van der Waals surface area contributed by atoms with E-state index in [9.17, 15) is 14.4 Å². The molecule has 0 fully saturated rings. The fraction of sp³-hybridized carbons (Fsp3) is 0.429. The van der Waals surface area contributed by atoms with Crippen LogP contribution in [-0.4, -0.2) is 21.6 Å². The zero-order chi connectivity index (χ0) is 19.9. The molecule has 0 aliphatic heterocycles. The Morgan fingerprint density at radius 2 is 1.96 bits per heavy atom. The molecule has 148 valence electrons. The lowest BCUT2D eigenvalue weighted by Gasteiger charge is -2.12. The van der Waals surface area contributed by atoms with Gasteiger partial charge in [0.15, 0.2) is 5.69 Å². The van der Waals surface area contributed by atoms with E-state index < -0.39 is 5.91 Å². The van der Waals surface area contributed by atoms with E-state index >= 15 is 0 Å². The van der Waals surface area contributed by atoms with Crippen LogP contribution in [0.15, 0.2) is 41.2 Å². The van der Waals surface area contributed by atoms with E-state index in [1.165, 1.54) is 4.68 Å². The van der Waals surface area contributed by atoms with E-state index in [4.69, 9.17) is 0 Å². The Labute approximate surface area is 163 Å². The van der Waals surface area contributed by atoms with Gasteiger partial charge in [0.2, 0.25) is 5.91 Å². The summed E-state index contributed by atoms with van der Waals surface area (Å²) in [6.07, 6.45) is 9.19. The van der Waals surface area contributed by atoms with E-state index in [0.717, 1.165) is 32.1 Å². The number of hydrogen-bond acceptors (Lipinski definition) is 4. The van der Waals surface area contributed by atoms with Gasteiger partial charge in [-0.2, -0.15) is 5.10 Å². The van der Waals surface area contributed by atoms with Crippen molar-refractivity contribution in [1.29, 1.82) is 0 Å². The molecular weight excluding hydrogens is 356 g/mol. The molecule has 28 heavy (non-hydrogen) atoms. The van der Waals surface area contributed by atoms with Gasteiger partial charge in [-0.15, -0.1) is 0 Å². The molecule has 2 amide bonds. The molecule has 2 N–H and O–H groups in total. The number of rotatable bonds is 7. The first-order valence-electron chi connectivity index (χ1n) is 9.86. The molecule has 1 aliphatic rings. The highest BCUT2D eigenvalue weighted by molar-refractivity contribution is 6.05. The minimum atomic E-state index is -0.532. The maximum atomic E-state index is 12.7. The first kappa shape index (κ1) is 19.8. The van der Waals surface area contributed by atoms with Gasteiger partial charge in [0.05, 0.1) is 5.39 Å². The van der Waals surface area contributed by atoms with Crippen LogP contribution in [0.25, 0.3) is 10.8 Å². The number of aromatic nitrogens is 2. The van der Waals surface area contributed by atoms with Gasteiger partial charge < -0.3 is 0 Å². The zero-order valence-electron chi connectivity index (χ0n) is 16.1. The van der Waals surface area contributed by atoms with E-state index in [1.807, 2.05) is 6.08 Å². The lowest BCUT2D eigenvalue weighted by Crippen LogP contribution is -2.43. The number of benzene rings is 1. The molecule has 1 aliphatic carbocycles. The van der Waals surface area contributed by atoms with Crippen molar-refractivity contribution in [2.75, 3.05) is 0 Å². The average molecular weight is 382 g/mol. The van der Waals surface area contributed by atoms with Gasteiger partial charge >= 0.3 is 0 Å². The van der Waals surface area contributed by atoms with Gasteiger partial charge in [0.1, 0.15) is 0 Å². The molecule has 0 saturated carbocycles. The molecule has 0 bridgehead atoms. The first-order valence-corrected chi connectivity index (χ1v) is 9.86. The highest BCUT2D eigenvalue weighted by atomic mass is 16.2. The fourth-order valence-corrected chi connectivity index (χ4v) is 3.41. The van der Waals surface area contributed by atoms with Crippen molar-refractivity contribution in [3.8, 4) is 0 Å². The van der Waals surface area contributed by atoms with Gasteiger partial charge in [-0.05, 0) is 31.2 Å². The van der Waals surface area contributed by atoms with Crippen molar-refractivity contribution in [3.05, 3.63) is 52.5 Å². The molecule has 0 radical (unpaired) electrons. The average Bonchev–Trinajstić information content (AvgIpc) is 3.21. The second-order valence-corrected chi connectivity index (χ2v) is 7.10. The normalized spacial score (nSPS) is 15.7. The number of fused-ring (bicyclic) bond motifs is 1. The predicted molar refractivity (Wildman–Crippen MR) is 108 cm³/mol. The van der Waals surface area contributed by atoms with Gasteiger partial charge in [-0.1, -0.05) is 50.1 Å². The molecule has 0 saturated heterocycles. The van der Waals surface area contributed by atoms with Crippen molar-refractivity contribution in [3.63, 3.8) is 0 Å². The third kappa shape index (κ3) is 4.65. The first-order chi connectivity index (χ1) is 13.6. The maximum absolute atomic E-state index is 12.7. The number of aryl methyl sites for hydroxylation is 1. The Morgan fingerprint density at radius 1 is 1.18 bits per heavy atom. The molecule has 7 heteroatoms. The summed E-state index contributed by atoms with van der Waals surface area (Å²) >= 11 is 0. The number of carbonyl (C=O) groups excluding carboxylic acids is 2. The van der Waals surface area contributed by atoms with Crippen molar-refractivity contribution in [2.45, 2.75) is 52.0 Å². The number of carbonyl (C=O) groups is 2. The summed E-state index contributed by atoms with van der Waals surface area (Å²) in [4.78, 5) is 37.4. The summed E-state index contributed by atoms with van der Waals surface area (Å²) in [6, 6.07) is 6.91. The molecule has 3 rings (SSSR count). The Bertz CT molecular complexity index is 948. The monoisotopic (exact) mass is 382 g/mol. The quantitative estimate of drug-likeness (QED) is 0.437. The molecule has 1 unspecified atom stereocenters. The molecule has 0 spiro atoms. The number of unbranched alkanes of at least 4 members (excludes halogenated alkanes) is 2. The van der Waals surface area contributed by atoms with Crippen LogP contribution in [0.2, 0.25) is 0 Å². The molecule has 1 heterocycles. The van der Waals surface area contributed by atoms with Gasteiger partial charge in [-0.3, -0.25) is 25.2 Å². The van der Waals surface area contributed by atoms with Crippen molar-refractivity contribution in [2.24, 2.45) is 5.92 Å². The van der Waals surface area contributed by atoms with Gasteiger partial charge in [-0.25, -0.2) is 4.68 Å². The van der Waals surface area contributed by atoms with Crippen LogP contribution in [0.4, 0.5) is 0 Å². The Kier molecular flexibility index (Phi) is 6.57. The van der Waals surface area contributed by atoms with Crippen LogP contribution in [0, 0.1) is 5.92 Å². The van der Waals surface area contributed by atoms with Crippen molar-refractivity contribution >= 4 is 22.6 Å². The second-order valence-electron chi connectivity index (χ2n) is 7.10. The third-order valence-corrected chi connectivity index (χ3v) is 4.93. The van der Waals surface area contributed by atoms with Crippen LogP contribution in [0.5, 0.6) is 0 Å². The number of hydrazine groups is 1. The lowest BCUT2D eigenvalue weighted by molar-refractivity contribution is -0.122. The van der Waals surface area contributed by atoms with Crippen molar-refractivity contribution in [1.82, 2.24) is 20.6 Å². The number of allylic oxidation sites excluding steroid dienone is 2. The molecule has 7 nitrogen and oxygen atoms in total. The third-order valence-electron chi connectivity index (χ3n) is 4.93. The van der Waals surface area contributed by atoms with E-state index in [0.29, 0.717) is 23.7 Å². The Hall–Kier alpha value is -2.96. The number of amides is 2. The summed E-state index contributed by atoms with van der Waals surface area (Å²) < 4.78 is 1.35. The largest absolute Gasteiger partial charge is 0.290 e. The summed E-state index contributed by atoms with van der Waals surface area (Å²) in [6.45, 7) is 2.54. The van der Waals surface area contributed by atoms with E-state index in [-0.39, 0.29) is 23.1 Å². The fourth-order valence-electron chi connectivity index (χ4n) is 3.41. The number of hydrogen-bond donors (Lipinski definition) is 2. The molecule has 1 aromatic heterocycles. The highest BCUT2D eigenvalue weighted by Gasteiger charge is 2.18. The Morgan fingerprint density at radius 3 is 2.68 bits per heavy atom. The maximum Gasteiger partial charge on any atom is 0.290 e. The van der Waals surface area contributed by atoms with Crippen LogP contribution in [-0.2, 0) is 11.3 Å². The standard InChI is InChI=1S/C21H26N4O3/c1-2-3-8-13-25-21(28)17-12-7-6-11-16(17)19(24-25)20(27)23-22-18(26)14-15-9-4-5-10-15/h4,6-7,9,11-12,15H,2-3,5,8,10,13-14H2,1H3,(H,22,26)(H,23,27). The minimum absolute atomic E-state index is 0.132. The molecule has 2 aromatic rings. The summed E-state index contributed by atoms with van der Waals surface area (Å²) in [5.41, 5.74) is 4.82. The van der Waals surface area contributed by atoms with Crippen LogP contribution < -0.4 is 16.4 Å². The summed E-state index contributed by atoms with van der Waals surface area (Å²) in [5.74, 6) is -0.558. The van der Waals surface area contributed by atoms with Crippen LogP contribution in [0.1, 0.15) is 55.9 Å². The zero-order valence-corrected chi connectivity index (χ0v) is 16.1.